The molecule has 0 unspecified atom stereocenters. The molecular formula is C23H20ClN3O4S. The number of hydrogen-bond acceptors (Lipinski definition) is 5. The lowest BCUT2D eigenvalue weighted by Gasteiger charge is -2.13. The Bertz CT molecular complexity index is 1420. The summed E-state index contributed by atoms with van der Waals surface area (Å²) < 4.78 is 8.05. The molecule has 0 bridgehead atoms. The molecular weight excluding hydrogens is 450 g/mol. The van der Waals surface area contributed by atoms with Crippen molar-refractivity contribution in [2.24, 2.45) is 0 Å². The quantitative estimate of drug-likeness (QED) is 0.464. The number of fused-ring (bicyclic) bond motifs is 1. The van der Waals surface area contributed by atoms with E-state index >= 15 is 0 Å². The third kappa shape index (κ3) is 4.32. The number of amides is 1. The molecule has 9 heteroatoms. The number of ether oxygens (including phenoxy) is 1. The predicted molar refractivity (Wildman–Crippen MR) is 127 cm³/mol. The molecule has 0 fully saturated rings. The highest BCUT2D eigenvalue weighted by Gasteiger charge is 2.17. The number of anilines is 1. The van der Waals surface area contributed by atoms with Crippen LogP contribution >= 0.6 is 22.9 Å². The van der Waals surface area contributed by atoms with Gasteiger partial charge in [-0.05, 0) is 53.8 Å². The highest BCUT2D eigenvalue weighted by Crippen LogP contribution is 2.21. The Morgan fingerprint density at radius 2 is 1.84 bits per heavy atom. The number of benzene rings is 2. The molecule has 2 aromatic heterocycles. The van der Waals surface area contributed by atoms with Crippen molar-refractivity contribution in [2.75, 3.05) is 12.4 Å². The number of methoxy groups -OCH3 is 1. The van der Waals surface area contributed by atoms with Crippen molar-refractivity contribution < 1.29 is 9.53 Å². The molecule has 0 atom stereocenters. The second-order valence-corrected chi connectivity index (χ2v) is 8.60. The van der Waals surface area contributed by atoms with Gasteiger partial charge in [-0.25, -0.2) is 4.79 Å². The van der Waals surface area contributed by atoms with Crippen LogP contribution in [-0.4, -0.2) is 22.2 Å². The summed E-state index contributed by atoms with van der Waals surface area (Å²) in [5, 5.41) is 5.03. The second-order valence-electron chi connectivity index (χ2n) is 7.25. The third-order valence-electron chi connectivity index (χ3n) is 5.11. The van der Waals surface area contributed by atoms with Gasteiger partial charge in [0, 0.05) is 10.7 Å². The fraction of sp³-hybridized carbons (Fsp3) is 0.174. The Hall–Kier alpha value is -3.36. The van der Waals surface area contributed by atoms with E-state index in [2.05, 4.69) is 5.32 Å². The van der Waals surface area contributed by atoms with Crippen molar-refractivity contribution >= 4 is 44.7 Å². The van der Waals surface area contributed by atoms with Gasteiger partial charge in [-0.1, -0.05) is 29.8 Å². The molecule has 164 valence electrons. The number of nitrogens with zero attached hydrogens (tertiary/aromatic N) is 2. The average Bonchev–Trinajstić information content (AvgIpc) is 3.27. The van der Waals surface area contributed by atoms with Gasteiger partial charge in [-0.3, -0.25) is 18.7 Å². The van der Waals surface area contributed by atoms with E-state index in [1.165, 1.54) is 15.9 Å². The van der Waals surface area contributed by atoms with Crippen molar-refractivity contribution in [3.63, 3.8) is 0 Å². The molecule has 1 N–H and O–H groups in total. The predicted octanol–water partition coefficient (Wildman–Crippen LogP) is 3.88. The van der Waals surface area contributed by atoms with Crippen LogP contribution in [0.15, 0.2) is 63.5 Å². The first-order valence-electron chi connectivity index (χ1n) is 9.77. The number of carbonyl (C=O) groups is 1. The van der Waals surface area contributed by atoms with Crippen LogP contribution in [0.3, 0.4) is 0 Å². The lowest BCUT2D eigenvalue weighted by molar-refractivity contribution is -0.116. The Morgan fingerprint density at radius 3 is 2.56 bits per heavy atom. The van der Waals surface area contributed by atoms with Crippen molar-refractivity contribution in [2.45, 2.75) is 20.0 Å². The summed E-state index contributed by atoms with van der Waals surface area (Å²) in [5.41, 5.74) is 1.71. The van der Waals surface area contributed by atoms with Crippen molar-refractivity contribution in [1.29, 1.82) is 0 Å². The molecule has 0 radical (unpaired) electrons. The zero-order chi connectivity index (χ0) is 22.8. The topological polar surface area (TPSA) is 82.3 Å². The Morgan fingerprint density at radius 1 is 1.09 bits per heavy atom. The van der Waals surface area contributed by atoms with Gasteiger partial charge >= 0.3 is 5.69 Å². The number of thiophene rings is 1. The van der Waals surface area contributed by atoms with Crippen molar-refractivity contribution in [3.05, 3.63) is 90.9 Å². The molecule has 0 saturated heterocycles. The molecule has 2 aromatic carbocycles. The van der Waals surface area contributed by atoms with Crippen LogP contribution in [0.2, 0.25) is 5.02 Å². The highest BCUT2D eigenvalue weighted by atomic mass is 35.5. The molecule has 32 heavy (non-hydrogen) atoms. The fourth-order valence-corrected chi connectivity index (χ4v) is 4.42. The number of halogens is 1. The lowest BCUT2D eigenvalue weighted by atomic mass is 10.2. The van der Waals surface area contributed by atoms with E-state index in [0.717, 1.165) is 15.7 Å². The third-order valence-corrected chi connectivity index (χ3v) is 6.24. The van der Waals surface area contributed by atoms with Crippen LogP contribution in [-0.2, 0) is 17.9 Å². The van der Waals surface area contributed by atoms with E-state index in [1.54, 1.807) is 61.0 Å². The summed E-state index contributed by atoms with van der Waals surface area (Å²) in [6.07, 6.45) is 0. The molecule has 0 saturated carbocycles. The summed E-state index contributed by atoms with van der Waals surface area (Å²) >= 11 is 7.27. The number of nitrogens with one attached hydrogen (secondary N) is 1. The average molecular weight is 470 g/mol. The van der Waals surface area contributed by atoms with Gasteiger partial charge < -0.3 is 10.1 Å². The maximum atomic E-state index is 13.2. The van der Waals surface area contributed by atoms with E-state index < -0.39 is 5.69 Å². The van der Waals surface area contributed by atoms with Crippen LogP contribution in [0.5, 0.6) is 5.75 Å². The van der Waals surface area contributed by atoms with E-state index in [4.69, 9.17) is 16.3 Å². The smallest absolute Gasteiger partial charge is 0.332 e. The van der Waals surface area contributed by atoms with Crippen LogP contribution in [0, 0.1) is 6.92 Å². The van der Waals surface area contributed by atoms with E-state index in [1.807, 2.05) is 6.92 Å². The van der Waals surface area contributed by atoms with Gasteiger partial charge in [0.2, 0.25) is 5.91 Å². The second kappa shape index (κ2) is 9.02. The maximum Gasteiger partial charge on any atom is 0.332 e. The maximum absolute atomic E-state index is 13.2. The molecule has 0 spiro atoms. The van der Waals surface area contributed by atoms with Gasteiger partial charge in [0.1, 0.15) is 17.0 Å². The first kappa shape index (κ1) is 21.9. The van der Waals surface area contributed by atoms with Gasteiger partial charge in [0.15, 0.2) is 0 Å². The summed E-state index contributed by atoms with van der Waals surface area (Å²) in [4.78, 5) is 39.0. The molecule has 7 nitrogen and oxygen atoms in total. The summed E-state index contributed by atoms with van der Waals surface area (Å²) in [6, 6.07) is 14.0. The Labute approximate surface area is 192 Å². The first-order chi connectivity index (χ1) is 15.4. The summed E-state index contributed by atoms with van der Waals surface area (Å²) in [7, 11) is 1.57. The van der Waals surface area contributed by atoms with Crippen molar-refractivity contribution in [1.82, 2.24) is 9.13 Å². The molecule has 0 aliphatic heterocycles. The van der Waals surface area contributed by atoms with Crippen LogP contribution in [0.1, 0.15) is 11.1 Å². The summed E-state index contributed by atoms with van der Waals surface area (Å²) in [5.74, 6) is 0.291. The zero-order valence-corrected chi connectivity index (χ0v) is 19.0. The van der Waals surface area contributed by atoms with E-state index in [9.17, 15) is 14.4 Å². The number of aryl methyl sites for hydroxylation is 1. The van der Waals surface area contributed by atoms with E-state index in [-0.39, 0.29) is 24.6 Å². The standard InChI is InChI=1S/C23H20ClN3O4S/c1-14-3-6-16(24)11-18(14)25-20(28)13-26-19-9-10-32-21(19)22(29)27(23(26)30)12-15-4-7-17(31-2)8-5-15/h3-11H,12-13H2,1-2H3,(H,25,28). The highest BCUT2D eigenvalue weighted by molar-refractivity contribution is 7.17. The summed E-state index contributed by atoms with van der Waals surface area (Å²) in [6.45, 7) is 1.70. The fourth-order valence-electron chi connectivity index (χ4n) is 3.40. The number of rotatable bonds is 6. The van der Waals surface area contributed by atoms with Crippen LogP contribution in [0.4, 0.5) is 5.69 Å². The minimum absolute atomic E-state index is 0.0878. The Balaban J connectivity index is 1.70. The minimum Gasteiger partial charge on any atom is -0.497 e. The molecule has 4 aromatic rings. The zero-order valence-electron chi connectivity index (χ0n) is 17.4. The normalized spacial score (nSPS) is 11.0. The van der Waals surface area contributed by atoms with Gasteiger partial charge in [0.05, 0.1) is 19.2 Å². The van der Waals surface area contributed by atoms with Gasteiger partial charge in [-0.15, -0.1) is 11.3 Å². The number of hydrogen-bond donors (Lipinski definition) is 1. The minimum atomic E-state index is -0.547. The number of aromatic nitrogens is 2. The molecule has 2 heterocycles. The van der Waals surface area contributed by atoms with Crippen LogP contribution in [0.25, 0.3) is 10.2 Å². The van der Waals surface area contributed by atoms with E-state index in [0.29, 0.717) is 26.7 Å². The lowest BCUT2D eigenvalue weighted by Crippen LogP contribution is -2.41. The van der Waals surface area contributed by atoms with Crippen molar-refractivity contribution in [3.8, 4) is 5.75 Å². The molecule has 1 amide bonds. The molecule has 4 rings (SSSR count). The van der Waals surface area contributed by atoms with Gasteiger partial charge in [-0.2, -0.15) is 0 Å². The molecule has 0 aliphatic rings. The monoisotopic (exact) mass is 469 g/mol. The molecule has 0 aliphatic carbocycles. The van der Waals surface area contributed by atoms with Gasteiger partial charge in [0.25, 0.3) is 5.56 Å². The first-order valence-corrected chi connectivity index (χ1v) is 11.0. The SMILES string of the molecule is COc1ccc(Cn2c(=O)c3sccc3n(CC(=O)Nc3cc(Cl)ccc3C)c2=O)cc1. The largest absolute Gasteiger partial charge is 0.497 e. The Kier molecular flexibility index (Phi) is 6.16. The number of carbonyl (C=O) groups excluding carboxylic acids is 1. The van der Waals surface area contributed by atoms with Crippen LogP contribution < -0.4 is 21.3 Å².